The summed E-state index contributed by atoms with van der Waals surface area (Å²) >= 11 is 1.30. The number of benzene rings is 1. The molecule has 3 aromatic rings. The van der Waals surface area contributed by atoms with Crippen LogP contribution in [0.2, 0.25) is 0 Å². The van der Waals surface area contributed by atoms with E-state index in [4.69, 9.17) is 9.15 Å². The van der Waals surface area contributed by atoms with Crippen LogP contribution in [0.5, 0.6) is 0 Å². The minimum absolute atomic E-state index is 0.215. The number of methoxy groups -OCH3 is 1. The molecule has 2 aliphatic rings. The Morgan fingerprint density at radius 3 is 2.49 bits per heavy atom. The zero-order chi connectivity index (χ0) is 26.3. The molecule has 1 aromatic carbocycles. The molecule has 37 heavy (non-hydrogen) atoms. The Morgan fingerprint density at radius 1 is 1.14 bits per heavy atom. The van der Waals surface area contributed by atoms with Crippen molar-refractivity contribution >= 4 is 29.3 Å². The van der Waals surface area contributed by atoms with E-state index in [9.17, 15) is 9.59 Å². The van der Waals surface area contributed by atoms with Crippen molar-refractivity contribution in [3.63, 3.8) is 0 Å². The molecule has 1 fully saturated rings. The highest BCUT2D eigenvalue weighted by atomic mass is 32.1. The number of hydrogen-bond acceptors (Lipinski definition) is 8. The monoisotopic (exact) mass is 520 g/mol. The van der Waals surface area contributed by atoms with E-state index in [1.807, 2.05) is 36.4 Å². The second-order valence-corrected chi connectivity index (χ2v) is 10.9. The van der Waals surface area contributed by atoms with E-state index in [0.29, 0.717) is 32.3 Å². The van der Waals surface area contributed by atoms with E-state index in [-0.39, 0.29) is 5.56 Å². The molecule has 1 unspecified atom stereocenters. The minimum atomic E-state index is -0.621. The average Bonchev–Trinajstić information content (AvgIpc) is 3.47. The number of esters is 1. The number of ether oxygens (including phenoxy) is 1. The molecular weight excluding hydrogens is 488 g/mol. The van der Waals surface area contributed by atoms with Crippen molar-refractivity contribution in [2.24, 2.45) is 4.99 Å². The van der Waals surface area contributed by atoms with Crippen LogP contribution in [-0.2, 0) is 9.53 Å². The van der Waals surface area contributed by atoms with Gasteiger partial charge in [0.1, 0.15) is 5.76 Å². The maximum absolute atomic E-state index is 13.7. The molecule has 0 amide bonds. The third kappa shape index (κ3) is 4.81. The van der Waals surface area contributed by atoms with Crippen LogP contribution in [0.15, 0.2) is 61.9 Å². The largest absolute Gasteiger partial charge is 0.466 e. The number of likely N-dealkylation sites (N-methyl/N-ethyl adjacent to an activating group) is 1. The summed E-state index contributed by atoms with van der Waals surface area (Å²) in [6.45, 7) is 9.81. The highest BCUT2D eigenvalue weighted by molar-refractivity contribution is 7.07. The molecule has 0 aliphatic carbocycles. The maximum Gasteiger partial charge on any atom is 0.338 e. The van der Waals surface area contributed by atoms with Crippen LogP contribution in [0.1, 0.15) is 49.6 Å². The van der Waals surface area contributed by atoms with Gasteiger partial charge in [0.25, 0.3) is 5.56 Å². The predicted octanol–water partition coefficient (Wildman–Crippen LogP) is 2.88. The van der Waals surface area contributed by atoms with Crippen molar-refractivity contribution in [3.8, 4) is 0 Å². The fraction of sp³-hybridized carbons (Fsp3) is 0.393. The average molecular weight is 521 g/mol. The van der Waals surface area contributed by atoms with Crippen molar-refractivity contribution in [2.45, 2.75) is 32.7 Å². The molecule has 0 spiro atoms. The molecule has 1 atom stereocenters. The Kier molecular flexibility index (Phi) is 6.92. The lowest BCUT2D eigenvalue weighted by atomic mass is 9.93. The van der Waals surface area contributed by atoms with Crippen molar-refractivity contribution in [1.29, 1.82) is 0 Å². The smallest absolute Gasteiger partial charge is 0.338 e. The molecule has 1 saturated heterocycles. The molecule has 0 saturated carbocycles. The van der Waals surface area contributed by atoms with Gasteiger partial charge in [0.15, 0.2) is 10.7 Å². The molecule has 5 rings (SSSR count). The number of piperazine rings is 1. The normalized spacial score (nSPS) is 18.8. The van der Waals surface area contributed by atoms with Crippen molar-refractivity contribution in [2.75, 3.05) is 45.2 Å². The standard InChI is InChI=1S/C28H32N4O4S/c1-17(2)19-6-8-20(9-7-19)25-24(27(34)35-5)18(3)29-28-32(25)26(33)22(37-28)16-21-10-11-23(36-21)31-14-12-30(4)13-15-31/h6-11,16-17,25H,12-15H2,1-5H3. The second kappa shape index (κ2) is 10.1. The Bertz CT molecular complexity index is 1520. The van der Waals surface area contributed by atoms with Gasteiger partial charge < -0.3 is 19.0 Å². The van der Waals surface area contributed by atoms with Crippen LogP contribution in [0.3, 0.4) is 0 Å². The minimum Gasteiger partial charge on any atom is -0.466 e. The van der Waals surface area contributed by atoms with E-state index >= 15 is 0 Å². The Morgan fingerprint density at radius 2 is 1.84 bits per heavy atom. The number of fused-ring (bicyclic) bond motifs is 1. The molecule has 2 aromatic heterocycles. The summed E-state index contributed by atoms with van der Waals surface area (Å²) in [6, 6.07) is 11.3. The van der Waals surface area contributed by atoms with E-state index < -0.39 is 12.0 Å². The molecule has 8 nitrogen and oxygen atoms in total. The van der Waals surface area contributed by atoms with Gasteiger partial charge >= 0.3 is 5.97 Å². The number of carbonyl (C=O) groups is 1. The third-order valence-electron chi connectivity index (χ3n) is 7.05. The molecule has 194 valence electrons. The summed E-state index contributed by atoms with van der Waals surface area (Å²) in [4.78, 5) is 36.3. The molecular formula is C28H32N4O4S. The van der Waals surface area contributed by atoms with Gasteiger partial charge in [-0.05, 0) is 37.1 Å². The quantitative estimate of drug-likeness (QED) is 0.482. The van der Waals surface area contributed by atoms with Gasteiger partial charge in [0.05, 0.1) is 29.0 Å². The Balaban J connectivity index is 1.58. The zero-order valence-electron chi connectivity index (χ0n) is 21.9. The number of rotatable bonds is 5. The number of aromatic nitrogens is 1. The van der Waals surface area contributed by atoms with Gasteiger partial charge in [0, 0.05) is 38.3 Å². The molecule has 0 N–H and O–H groups in total. The number of nitrogens with zero attached hydrogens (tertiary/aromatic N) is 4. The SMILES string of the molecule is COC(=O)C1=C(C)N=c2sc(=Cc3ccc(N4CCN(C)CC4)o3)c(=O)n2C1c1ccc(C(C)C)cc1. The first-order chi connectivity index (χ1) is 17.8. The fourth-order valence-corrected chi connectivity index (χ4v) is 5.84. The number of anilines is 1. The van der Waals surface area contributed by atoms with Gasteiger partial charge in [-0.1, -0.05) is 49.4 Å². The molecule has 9 heteroatoms. The fourth-order valence-electron chi connectivity index (χ4n) is 4.82. The van der Waals surface area contributed by atoms with Gasteiger partial charge in [0.2, 0.25) is 0 Å². The first-order valence-corrected chi connectivity index (χ1v) is 13.3. The van der Waals surface area contributed by atoms with Crippen molar-refractivity contribution in [1.82, 2.24) is 9.47 Å². The summed E-state index contributed by atoms with van der Waals surface area (Å²) in [5.74, 6) is 1.30. The second-order valence-electron chi connectivity index (χ2n) is 9.86. The van der Waals surface area contributed by atoms with Crippen LogP contribution in [-0.4, -0.2) is 55.8 Å². The van der Waals surface area contributed by atoms with E-state index in [2.05, 4.69) is 35.7 Å². The topological polar surface area (TPSA) is 80.3 Å². The number of hydrogen-bond donors (Lipinski definition) is 0. The molecule has 2 aliphatic heterocycles. The first-order valence-electron chi connectivity index (χ1n) is 12.5. The number of allylic oxidation sites excluding steroid dienone is 1. The molecule has 0 bridgehead atoms. The van der Waals surface area contributed by atoms with Crippen LogP contribution in [0, 0.1) is 0 Å². The van der Waals surface area contributed by atoms with Crippen molar-refractivity contribution < 1.29 is 13.9 Å². The van der Waals surface area contributed by atoms with Crippen molar-refractivity contribution in [3.05, 3.63) is 84.2 Å². The summed E-state index contributed by atoms with van der Waals surface area (Å²) in [5.41, 5.74) is 2.72. The summed E-state index contributed by atoms with van der Waals surface area (Å²) in [7, 11) is 3.46. The Hall–Kier alpha value is -3.43. The highest BCUT2D eigenvalue weighted by Crippen LogP contribution is 2.31. The summed E-state index contributed by atoms with van der Waals surface area (Å²) < 4.78 is 13.3. The van der Waals surface area contributed by atoms with Gasteiger partial charge in [-0.25, -0.2) is 9.79 Å². The van der Waals surface area contributed by atoms with Gasteiger partial charge in [-0.15, -0.1) is 0 Å². The third-order valence-corrected chi connectivity index (χ3v) is 8.03. The van der Waals surface area contributed by atoms with Crippen LogP contribution in [0.4, 0.5) is 5.88 Å². The van der Waals surface area contributed by atoms with E-state index in [1.54, 1.807) is 17.6 Å². The van der Waals surface area contributed by atoms with Crippen LogP contribution in [0.25, 0.3) is 6.08 Å². The van der Waals surface area contributed by atoms with Crippen LogP contribution < -0.4 is 19.8 Å². The highest BCUT2D eigenvalue weighted by Gasteiger charge is 2.33. The number of thiazole rings is 1. The number of furan rings is 1. The maximum atomic E-state index is 13.7. The van der Waals surface area contributed by atoms with E-state index in [1.165, 1.54) is 24.0 Å². The summed E-state index contributed by atoms with van der Waals surface area (Å²) in [5, 5.41) is 0. The zero-order valence-corrected chi connectivity index (χ0v) is 22.7. The molecule has 0 radical (unpaired) electrons. The lowest BCUT2D eigenvalue weighted by Crippen LogP contribution is -2.44. The molecule has 4 heterocycles. The first kappa shape index (κ1) is 25.2. The van der Waals surface area contributed by atoms with Gasteiger partial charge in [-0.2, -0.15) is 0 Å². The Labute approximate surface area is 219 Å². The summed E-state index contributed by atoms with van der Waals surface area (Å²) in [6.07, 6.45) is 1.76. The number of carbonyl (C=O) groups excluding carboxylic acids is 1. The van der Waals surface area contributed by atoms with Gasteiger partial charge in [-0.3, -0.25) is 9.36 Å². The van der Waals surface area contributed by atoms with E-state index in [0.717, 1.165) is 37.6 Å². The lowest BCUT2D eigenvalue weighted by molar-refractivity contribution is -0.136. The predicted molar refractivity (Wildman–Crippen MR) is 145 cm³/mol. The van der Waals surface area contributed by atoms with Crippen LogP contribution >= 0.6 is 11.3 Å². The lowest BCUT2D eigenvalue weighted by Gasteiger charge is -2.32.